The average Bonchev–Trinajstić information content (AvgIpc) is 2.61. The van der Waals surface area contributed by atoms with Crippen LogP contribution in [0, 0.1) is 0 Å². The van der Waals surface area contributed by atoms with Gasteiger partial charge in [-0.05, 0) is 0 Å². The van der Waals surface area contributed by atoms with Crippen LogP contribution in [0.3, 0.4) is 0 Å². The van der Waals surface area contributed by atoms with Crippen LogP contribution in [0.2, 0.25) is 6.82 Å². The van der Waals surface area contributed by atoms with Gasteiger partial charge in [-0.1, -0.05) is 0 Å². The molecule has 0 N–H and O–H groups in total. The number of rotatable bonds is 2. The molecule has 2 aromatic rings. The number of para-hydroxylation sites is 1. The molecule has 0 saturated heterocycles. The van der Waals surface area contributed by atoms with Crippen LogP contribution < -0.4 is 0 Å². The molecular formula is C9H8BNO2S2. The molecule has 6 heteroatoms. The zero-order chi connectivity index (χ0) is 10.9. The molecule has 76 valence electrons. The molecule has 0 spiro atoms. The van der Waals surface area contributed by atoms with Crippen molar-refractivity contribution in [1.82, 2.24) is 4.98 Å². The van der Waals surface area contributed by atoms with E-state index in [1.165, 1.54) is 23.6 Å². The van der Waals surface area contributed by atoms with E-state index < -0.39 is 9.84 Å². The molecule has 3 nitrogen and oxygen atoms in total. The molecule has 1 aromatic heterocycles. The number of sulfone groups is 1. The Hall–Kier alpha value is -1.01. The maximum atomic E-state index is 11.7. The molecule has 0 aliphatic carbocycles. The number of thiazole rings is 1. The second-order valence-electron chi connectivity index (χ2n) is 2.96. The Morgan fingerprint density at radius 3 is 2.80 bits per heavy atom. The second kappa shape index (κ2) is 3.86. The van der Waals surface area contributed by atoms with Crippen LogP contribution in [-0.4, -0.2) is 25.6 Å². The summed E-state index contributed by atoms with van der Waals surface area (Å²) < 4.78 is 24.4. The van der Waals surface area contributed by atoms with Crippen LogP contribution in [0.15, 0.2) is 28.6 Å². The summed E-state index contributed by atoms with van der Waals surface area (Å²) in [6.45, 7) is 3.17. The van der Waals surface area contributed by atoms with Gasteiger partial charge in [-0.2, -0.15) is 0 Å². The van der Waals surface area contributed by atoms with Crippen molar-refractivity contribution in [1.29, 1.82) is 0 Å². The van der Waals surface area contributed by atoms with Gasteiger partial charge in [0, 0.05) is 0 Å². The van der Waals surface area contributed by atoms with E-state index >= 15 is 0 Å². The average molecular weight is 237 g/mol. The molecule has 0 aliphatic heterocycles. The van der Waals surface area contributed by atoms with Crippen molar-refractivity contribution in [3.63, 3.8) is 0 Å². The first-order chi connectivity index (χ1) is 7.13. The molecule has 0 atom stereocenters. The van der Waals surface area contributed by atoms with E-state index in [1.807, 2.05) is 18.2 Å². The van der Waals surface area contributed by atoms with E-state index in [-0.39, 0.29) is 4.34 Å². The van der Waals surface area contributed by atoms with Gasteiger partial charge in [-0.15, -0.1) is 0 Å². The molecule has 1 aromatic carbocycles. The fourth-order valence-corrected chi connectivity index (χ4v) is 3.51. The summed E-state index contributed by atoms with van der Waals surface area (Å²) in [6, 6.07) is 7.38. The summed E-state index contributed by atoms with van der Waals surface area (Å²) in [5.41, 5.74) is 0.727. The normalized spacial score (nSPS) is 12.1. The monoisotopic (exact) mass is 237 g/mol. The fourth-order valence-electron chi connectivity index (χ4n) is 1.21. The van der Waals surface area contributed by atoms with Crippen LogP contribution >= 0.6 is 11.3 Å². The third-order valence-corrected chi connectivity index (χ3v) is 4.82. The number of aromatic nitrogens is 1. The van der Waals surface area contributed by atoms with Gasteiger partial charge in [0.25, 0.3) is 0 Å². The topological polar surface area (TPSA) is 47.0 Å². The molecule has 0 unspecified atom stereocenters. The zero-order valence-corrected chi connectivity index (χ0v) is 9.68. The Labute approximate surface area is 92.6 Å². The van der Waals surface area contributed by atoms with Gasteiger partial charge in [-0.3, -0.25) is 0 Å². The quantitative estimate of drug-likeness (QED) is 0.745. The van der Waals surface area contributed by atoms with Gasteiger partial charge < -0.3 is 0 Å². The minimum atomic E-state index is -3.35. The molecule has 0 bridgehead atoms. The molecule has 2 rings (SSSR count). The van der Waals surface area contributed by atoms with Gasteiger partial charge in [-0.25, -0.2) is 0 Å². The zero-order valence-electron chi connectivity index (χ0n) is 8.04. The number of fused-ring (bicyclic) bond motifs is 1. The molecule has 0 saturated carbocycles. The Kier molecular flexibility index (Phi) is 2.71. The standard InChI is InChI=1S/C9H8BNO2S2/c1-10-6-15(12,13)9-11-7-4-2-3-5-8(7)14-9/h2-6H,1H3. The van der Waals surface area contributed by atoms with E-state index in [4.69, 9.17) is 0 Å². The molecular weight excluding hydrogens is 229 g/mol. The Morgan fingerprint density at radius 2 is 2.13 bits per heavy atom. The molecule has 0 aliphatic rings. The summed E-state index contributed by atoms with van der Waals surface area (Å²) in [5, 5.41) is 1.17. The van der Waals surface area contributed by atoms with E-state index in [1.54, 1.807) is 12.9 Å². The molecule has 1 heterocycles. The summed E-state index contributed by atoms with van der Waals surface area (Å²) in [4.78, 5) is 4.08. The van der Waals surface area contributed by atoms with Crippen molar-refractivity contribution >= 4 is 43.6 Å². The van der Waals surface area contributed by atoms with Crippen LogP contribution in [0.25, 0.3) is 10.2 Å². The second-order valence-corrected chi connectivity index (χ2v) is 6.00. The third kappa shape index (κ3) is 2.00. The predicted octanol–water partition coefficient (Wildman–Crippen LogP) is 1.58. The molecule has 0 amide bonds. The van der Waals surface area contributed by atoms with Gasteiger partial charge >= 0.3 is 92.4 Å². The van der Waals surface area contributed by atoms with Crippen molar-refractivity contribution < 1.29 is 8.42 Å². The summed E-state index contributed by atoms with van der Waals surface area (Å²) in [5.74, 6) is 0. The third-order valence-electron chi connectivity index (χ3n) is 1.83. The fraction of sp³-hybridized carbons (Fsp3) is 0.111. The van der Waals surface area contributed by atoms with Gasteiger partial charge in [0.15, 0.2) is 0 Å². The number of hydrogen-bond acceptors (Lipinski definition) is 4. The van der Waals surface area contributed by atoms with Crippen molar-refractivity contribution in [3.05, 3.63) is 24.3 Å². The van der Waals surface area contributed by atoms with Crippen molar-refractivity contribution in [2.24, 2.45) is 0 Å². The number of hydrogen-bond donors (Lipinski definition) is 0. The number of benzene rings is 1. The van der Waals surface area contributed by atoms with Crippen LogP contribution in [0.1, 0.15) is 0 Å². The van der Waals surface area contributed by atoms with Crippen molar-refractivity contribution in [2.45, 2.75) is 11.2 Å². The van der Waals surface area contributed by atoms with Gasteiger partial charge in [0.05, 0.1) is 0 Å². The minimum absolute atomic E-state index is 0.154. The number of nitrogens with zero attached hydrogens (tertiary/aromatic N) is 1. The Bertz CT molecular complexity index is 583. The van der Waals surface area contributed by atoms with Crippen LogP contribution in [0.4, 0.5) is 0 Å². The van der Waals surface area contributed by atoms with Crippen molar-refractivity contribution in [3.8, 4) is 0 Å². The van der Waals surface area contributed by atoms with Crippen molar-refractivity contribution in [2.75, 3.05) is 0 Å². The summed E-state index contributed by atoms with van der Waals surface area (Å²) >= 11 is 1.19. The SMILES string of the molecule is CB=CS(=O)(=O)c1nc2ccccc2s1. The Morgan fingerprint density at radius 1 is 1.40 bits per heavy atom. The molecule has 0 fully saturated rings. The predicted molar refractivity (Wildman–Crippen MR) is 64.5 cm³/mol. The molecule has 0 radical (unpaired) electrons. The van der Waals surface area contributed by atoms with E-state index in [0.717, 1.165) is 10.2 Å². The van der Waals surface area contributed by atoms with Crippen LogP contribution in [0.5, 0.6) is 0 Å². The van der Waals surface area contributed by atoms with E-state index in [2.05, 4.69) is 4.98 Å². The van der Waals surface area contributed by atoms with Gasteiger partial charge in [0.1, 0.15) is 0 Å². The first kappa shape index (κ1) is 10.5. The summed E-state index contributed by atoms with van der Waals surface area (Å²) in [6.07, 6.45) is 0. The maximum absolute atomic E-state index is 11.7. The van der Waals surface area contributed by atoms with Crippen LogP contribution in [-0.2, 0) is 9.84 Å². The first-order valence-electron chi connectivity index (χ1n) is 4.37. The first-order valence-corrected chi connectivity index (χ1v) is 6.73. The van der Waals surface area contributed by atoms with Gasteiger partial charge in [0.2, 0.25) is 0 Å². The van der Waals surface area contributed by atoms with E-state index in [9.17, 15) is 8.42 Å². The molecule has 15 heavy (non-hydrogen) atoms. The van der Waals surface area contributed by atoms with E-state index in [0.29, 0.717) is 0 Å². The Balaban J connectivity index is 2.64. The summed E-state index contributed by atoms with van der Waals surface area (Å²) in [7, 11) is -3.35.